The Kier molecular flexibility index (Phi) is 4.26. The number of carbonyl (C=O) groups excluding carboxylic acids is 1. The Bertz CT molecular complexity index is 774. The molecule has 4 heteroatoms. The summed E-state index contributed by atoms with van der Waals surface area (Å²) < 4.78 is 7.70. The Morgan fingerprint density at radius 3 is 2.58 bits per heavy atom. The number of hydrogen-bond donors (Lipinski definition) is 0. The predicted octanol–water partition coefficient (Wildman–Crippen LogP) is 3.65. The molecular weight excluding hydrogens is 300 g/mol. The number of rotatable bonds is 2. The number of aromatic nitrogens is 1. The van der Waals surface area contributed by atoms with Crippen LogP contribution in [0.2, 0.25) is 0 Å². The fourth-order valence-electron chi connectivity index (χ4n) is 3.52. The number of morpholine rings is 1. The first-order valence-electron chi connectivity index (χ1n) is 8.47. The molecule has 0 aliphatic carbocycles. The fourth-order valence-corrected chi connectivity index (χ4v) is 3.52. The van der Waals surface area contributed by atoms with Gasteiger partial charge in [-0.25, -0.2) is 0 Å². The van der Waals surface area contributed by atoms with Crippen LogP contribution in [0.25, 0.3) is 5.69 Å². The van der Waals surface area contributed by atoms with E-state index in [0.29, 0.717) is 19.8 Å². The smallest absolute Gasteiger partial charge is 0.256 e. The van der Waals surface area contributed by atoms with Crippen LogP contribution < -0.4 is 0 Å². The number of ether oxygens (including phenoxy) is 1. The number of carbonyl (C=O) groups is 1. The largest absolute Gasteiger partial charge is 0.377 e. The third kappa shape index (κ3) is 2.86. The molecule has 0 saturated carbocycles. The number of nitrogens with zero attached hydrogens (tertiary/aromatic N) is 2. The van der Waals surface area contributed by atoms with Gasteiger partial charge in [0.2, 0.25) is 0 Å². The number of benzene rings is 1. The summed E-state index contributed by atoms with van der Waals surface area (Å²) in [5.41, 5.74) is 4.88. The molecule has 2 aromatic rings. The van der Waals surface area contributed by atoms with Crippen molar-refractivity contribution in [1.82, 2.24) is 9.47 Å². The molecule has 0 unspecified atom stereocenters. The van der Waals surface area contributed by atoms with E-state index in [1.54, 1.807) is 0 Å². The highest BCUT2D eigenvalue weighted by Gasteiger charge is 2.35. The highest BCUT2D eigenvalue weighted by Crippen LogP contribution is 2.26. The third-order valence-corrected chi connectivity index (χ3v) is 4.81. The molecule has 0 N–H and O–H groups in total. The Morgan fingerprint density at radius 1 is 1.17 bits per heavy atom. The maximum absolute atomic E-state index is 13.2. The van der Waals surface area contributed by atoms with Crippen molar-refractivity contribution in [2.75, 3.05) is 19.8 Å². The van der Waals surface area contributed by atoms with Gasteiger partial charge in [0, 0.05) is 23.6 Å². The zero-order chi connectivity index (χ0) is 17.5. The molecule has 0 atom stereocenters. The van der Waals surface area contributed by atoms with E-state index in [-0.39, 0.29) is 11.4 Å². The lowest BCUT2D eigenvalue weighted by molar-refractivity contribution is -0.0370. The van der Waals surface area contributed by atoms with Gasteiger partial charge in [0.25, 0.3) is 5.91 Å². The van der Waals surface area contributed by atoms with Crippen LogP contribution in [0, 0.1) is 20.8 Å². The van der Waals surface area contributed by atoms with Crippen molar-refractivity contribution < 1.29 is 9.53 Å². The minimum Gasteiger partial charge on any atom is -0.377 e. The van der Waals surface area contributed by atoms with Gasteiger partial charge in [-0.15, -0.1) is 0 Å². The van der Waals surface area contributed by atoms with Gasteiger partial charge in [-0.05, 0) is 58.4 Å². The van der Waals surface area contributed by atoms with E-state index in [4.69, 9.17) is 4.74 Å². The lowest BCUT2D eigenvalue weighted by Gasteiger charge is -2.42. The van der Waals surface area contributed by atoms with Gasteiger partial charge in [-0.1, -0.05) is 12.1 Å². The van der Waals surface area contributed by atoms with Gasteiger partial charge >= 0.3 is 0 Å². The topological polar surface area (TPSA) is 34.5 Å². The number of aryl methyl sites for hydroxylation is 2. The van der Waals surface area contributed by atoms with E-state index in [1.165, 1.54) is 5.56 Å². The van der Waals surface area contributed by atoms with Crippen molar-refractivity contribution in [2.24, 2.45) is 0 Å². The average Bonchev–Trinajstić information content (AvgIpc) is 2.81. The molecular formula is C20H26N2O2. The first-order valence-corrected chi connectivity index (χ1v) is 8.47. The van der Waals surface area contributed by atoms with Crippen molar-refractivity contribution >= 4 is 5.91 Å². The summed E-state index contributed by atoms with van der Waals surface area (Å²) in [5, 5.41) is 0. The van der Waals surface area contributed by atoms with Crippen LogP contribution >= 0.6 is 0 Å². The summed E-state index contributed by atoms with van der Waals surface area (Å²) >= 11 is 0. The summed E-state index contributed by atoms with van der Waals surface area (Å²) in [5.74, 6) is 0.0929. The Labute approximate surface area is 144 Å². The average molecular weight is 326 g/mol. The molecule has 2 heterocycles. The van der Waals surface area contributed by atoms with Crippen LogP contribution in [0.5, 0.6) is 0 Å². The Morgan fingerprint density at radius 2 is 1.92 bits per heavy atom. The lowest BCUT2D eigenvalue weighted by atomic mass is 10.0. The third-order valence-electron chi connectivity index (χ3n) is 4.81. The van der Waals surface area contributed by atoms with E-state index in [0.717, 1.165) is 22.6 Å². The zero-order valence-corrected chi connectivity index (χ0v) is 15.2. The Balaban J connectivity index is 2.01. The van der Waals surface area contributed by atoms with E-state index < -0.39 is 0 Å². The van der Waals surface area contributed by atoms with Crippen LogP contribution in [0.15, 0.2) is 30.3 Å². The van der Waals surface area contributed by atoms with Crippen LogP contribution in [-0.2, 0) is 4.74 Å². The normalized spacial score (nSPS) is 17.1. The molecule has 24 heavy (non-hydrogen) atoms. The quantitative estimate of drug-likeness (QED) is 0.844. The SMILES string of the molecule is Cc1cccc(-n2c(C)cc(C(=O)N3CCOCC3(C)C)c2C)c1. The first-order chi connectivity index (χ1) is 11.3. The van der Waals surface area contributed by atoms with Gasteiger partial charge in [0.15, 0.2) is 0 Å². The molecule has 0 bridgehead atoms. The summed E-state index contributed by atoms with van der Waals surface area (Å²) in [4.78, 5) is 15.1. The van der Waals surface area contributed by atoms with Gasteiger partial charge in [-0.2, -0.15) is 0 Å². The molecule has 1 aromatic carbocycles. The highest BCUT2D eigenvalue weighted by molar-refractivity contribution is 5.96. The van der Waals surface area contributed by atoms with Gasteiger partial charge in [0.1, 0.15) is 0 Å². The van der Waals surface area contributed by atoms with Crippen molar-refractivity contribution in [1.29, 1.82) is 0 Å². The summed E-state index contributed by atoms with van der Waals surface area (Å²) in [6.07, 6.45) is 0. The van der Waals surface area contributed by atoms with Crippen LogP contribution in [0.1, 0.15) is 41.2 Å². The molecule has 128 valence electrons. The minimum absolute atomic E-state index is 0.0929. The number of amides is 1. The van der Waals surface area contributed by atoms with Crippen molar-refractivity contribution in [3.8, 4) is 5.69 Å². The van der Waals surface area contributed by atoms with Gasteiger partial charge in [0.05, 0.1) is 24.3 Å². The molecule has 1 fully saturated rings. The predicted molar refractivity (Wildman–Crippen MR) is 95.9 cm³/mol. The first kappa shape index (κ1) is 16.8. The molecule has 0 spiro atoms. The molecule has 0 radical (unpaired) electrons. The highest BCUT2D eigenvalue weighted by atomic mass is 16.5. The lowest BCUT2D eigenvalue weighted by Crippen LogP contribution is -2.55. The van der Waals surface area contributed by atoms with Crippen LogP contribution in [-0.4, -0.2) is 40.7 Å². The monoisotopic (exact) mass is 326 g/mol. The summed E-state index contributed by atoms with van der Waals surface area (Å²) in [7, 11) is 0. The van der Waals surface area contributed by atoms with Crippen molar-refractivity contribution in [2.45, 2.75) is 40.2 Å². The molecule has 1 aliphatic heterocycles. The zero-order valence-electron chi connectivity index (χ0n) is 15.2. The van der Waals surface area contributed by atoms with E-state index in [9.17, 15) is 4.79 Å². The molecule has 4 nitrogen and oxygen atoms in total. The number of hydrogen-bond acceptors (Lipinski definition) is 2. The molecule has 1 aliphatic rings. The van der Waals surface area contributed by atoms with E-state index in [1.807, 2.05) is 17.9 Å². The fraction of sp³-hybridized carbons (Fsp3) is 0.450. The minimum atomic E-state index is -0.277. The maximum atomic E-state index is 13.2. The van der Waals surface area contributed by atoms with Crippen LogP contribution in [0.4, 0.5) is 0 Å². The van der Waals surface area contributed by atoms with Crippen molar-refractivity contribution in [3.05, 3.63) is 52.8 Å². The molecule has 1 aromatic heterocycles. The van der Waals surface area contributed by atoms with Gasteiger partial charge < -0.3 is 14.2 Å². The standard InChI is InChI=1S/C20H26N2O2/c1-14-7-6-8-17(11-14)22-15(2)12-18(16(22)3)19(23)21-9-10-24-13-20(21,4)5/h6-8,11-12H,9-10,13H2,1-5H3. The maximum Gasteiger partial charge on any atom is 0.256 e. The Hall–Kier alpha value is -2.07. The molecule has 1 saturated heterocycles. The molecule has 1 amide bonds. The second-order valence-electron chi connectivity index (χ2n) is 7.28. The van der Waals surface area contributed by atoms with E-state index in [2.05, 4.69) is 56.5 Å². The second kappa shape index (κ2) is 6.10. The summed E-state index contributed by atoms with van der Waals surface area (Å²) in [6, 6.07) is 10.4. The van der Waals surface area contributed by atoms with Crippen molar-refractivity contribution in [3.63, 3.8) is 0 Å². The molecule has 3 rings (SSSR count). The van der Waals surface area contributed by atoms with Gasteiger partial charge in [-0.3, -0.25) is 4.79 Å². The second-order valence-corrected chi connectivity index (χ2v) is 7.28. The van der Waals surface area contributed by atoms with Crippen LogP contribution in [0.3, 0.4) is 0 Å². The van der Waals surface area contributed by atoms with E-state index >= 15 is 0 Å². The summed E-state index contributed by atoms with van der Waals surface area (Å²) in [6.45, 7) is 12.1.